The molecular formula is C16H25NO3S. The van der Waals surface area contributed by atoms with Gasteiger partial charge in [0, 0.05) is 6.54 Å². The third-order valence-corrected chi connectivity index (χ3v) is 5.52. The number of hydrogen-bond acceptors (Lipinski definition) is 3. The van der Waals surface area contributed by atoms with Crippen molar-refractivity contribution >= 4 is 10.0 Å². The molecule has 1 aromatic rings. The van der Waals surface area contributed by atoms with Crippen LogP contribution in [0.15, 0.2) is 29.2 Å². The van der Waals surface area contributed by atoms with E-state index in [-0.39, 0.29) is 22.8 Å². The van der Waals surface area contributed by atoms with Gasteiger partial charge in [-0.2, -0.15) is 0 Å². The first kappa shape index (κ1) is 16.5. The van der Waals surface area contributed by atoms with Gasteiger partial charge in [-0.25, -0.2) is 13.1 Å². The van der Waals surface area contributed by atoms with Crippen LogP contribution in [0.3, 0.4) is 0 Å². The summed E-state index contributed by atoms with van der Waals surface area (Å²) in [5.41, 5.74) is 0.121. The number of rotatable bonds is 5. The number of benzene rings is 1. The van der Waals surface area contributed by atoms with E-state index in [1.165, 1.54) is 0 Å². The third-order valence-electron chi connectivity index (χ3n) is 4.11. The van der Waals surface area contributed by atoms with Crippen LogP contribution in [0, 0.1) is 5.92 Å². The van der Waals surface area contributed by atoms with Crippen molar-refractivity contribution in [3.63, 3.8) is 0 Å². The first-order valence-electron chi connectivity index (χ1n) is 7.35. The lowest BCUT2D eigenvalue weighted by molar-refractivity contribution is 0.0422. The second-order valence-electron chi connectivity index (χ2n) is 7.23. The summed E-state index contributed by atoms with van der Waals surface area (Å²) in [6.07, 6.45) is 1.93. The molecule has 2 N–H and O–H groups in total. The Balaban J connectivity index is 2.09. The summed E-state index contributed by atoms with van der Waals surface area (Å²) in [6, 6.07) is 6.92. The topological polar surface area (TPSA) is 66.4 Å². The molecule has 1 unspecified atom stereocenters. The van der Waals surface area contributed by atoms with Crippen LogP contribution >= 0.6 is 0 Å². The maximum absolute atomic E-state index is 12.3. The molecule has 1 aromatic carbocycles. The molecule has 0 amide bonds. The zero-order valence-electron chi connectivity index (χ0n) is 13.2. The van der Waals surface area contributed by atoms with Crippen molar-refractivity contribution in [2.45, 2.75) is 56.4 Å². The highest BCUT2D eigenvalue weighted by Crippen LogP contribution is 2.39. The summed E-state index contributed by atoms with van der Waals surface area (Å²) in [5.74, 6) is 0.212. The SMILES string of the molecule is CC(C)(C)c1ccc(S(=O)(=O)NCC(C)(O)C2CC2)cc1. The summed E-state index contributed by atoms with van der Waals surface area (Å²) in [6.45, 7) is 8.00. The lowest BCUT2D eigenvalue weighted by atomic mass is 9.87. The largest absolute Gasteiger partial charge is 0.389 e. The first-order valence-corrected chi connectivity index (χ1v) is 8.83. The van der Waals surface area contributed by atoms with Crippen LogP contribution in [-0.2, 0) is 15.4 Å². The molecule has 0 heterocycles. The van der Waals surface area contributed by atoms with Gasteiger partial charge in [0.25, 0.3) is 0 Å². The molecule has 0 radical (unpaired) electrons. The molecule has 1 saturated carbocycles. The summed E-state index contributed by atoms with van der Waals surface area (Å²) in [5, 5.41) is 10.2. The van der Waals surface area contributed by atoms with E-state index in [0.29, 0.717) is 0 Å². The zero-order chi connectivity index (χ0) is 15.9. The van der Waals surface area contributed by atoms with Crippen molar-refractivity contribution in [3.8, 4) is 0 Å². The number of sulfonamides is 1. The van der Waals surface area contributed by atoms with Gasteiger partial charge < -0.3 is 5.11 Å². The van der Waals surface area contributed by atoms with E-state index in [0.717, 1.165) is 18.4 Å². The Labute approximate surface area is 127 Å². The minimum Gasteiger partial charge on any atom is -0.389 e. The van der Waals surface area contributed by atoms with Gasteiger partial charge in [-0.05, 0) is 48.8 Å². The van der Waals surface area contributed by atoms with Crippen molar-refractivity contribution in [1.29, 1.82) is 0 Å². The molecule has 0 aliphatic heterocycles. The number of aliphatic hydroxyl groups is 1. The maximum Gasteiger partial charge on any atom is 0.240 e. The molecule has 0 aromatic heterocycles. The molecule has 0 bridgehead atoms. The summed E-state index contributed by atoms with van der Waals surface area (Å²) >= 11 is 0. The molecule has 21 heavy (non-hydrogen) atoms. The summed E-state index contributed by atoms with van der Waals surface area (Å²) < 4.78 is 27.0. The molecule has 1 fully saturated rings. The smallest absolute Gasteiger partial charge is 0.240 e. The molecule has 118 valence electrons. The van der Waals surface area contributed by atoms with Crippen LogP contribution in [0.25, 0.3) is 0 Å². The Morgan fingerprint density at radius 1 is 1.14 bits per heavy atom. The lowest BCUT2D eigenvalue weighted by Gasteiger charge is -2.23. The fourth-order valence-corrected chi connectivity index (χ4v) is 3.45. The van der Waals surface area contributed by atoms with E-state index < -0.39 is 15.6 Å². The molecule has 5 heteroatoms. The molecule has 1 aliphatic carbocycles. The second-order valence-corrected chi connectivity index (χ2v) is 9.00. The first-order chi connectivity index (χ1) is 9.52. The van der Waals surface area contributed by atoms with Gasteiger partial charge in [-0.3, -0.25) is 0 Å². The molecule has 0 saturated heterocycles. The monoisotopic (exact) mass is 311 g/mol. The Hall–Kier alpha value is -0.910. The highest BCUT2D eigenvalue weighted by atomic mass is 32.2. The maximum atomic E-state index is 12.3. The van der Waals surface area contributed by atoms with Gasteiger partial charge in [-0.1, -0.05) is 32.9 Å². The predicted octanol–water partition coefficient (Wildman–Crippen LogP) is 2.42. The standard InChI is InChI=1S/C16H25NO3S/c1-15(2,3)12-7-9-14(10-8-12)21(19,20)17-11-16(4,18)13-5-6-13/h7-10,13,17-18H,5-6,11H2,1-4H3. The van der Waals surface area contributed by atoms with Crippen LogP contribution in [-0.4, -0.2) is 25.7 Å². The van der Waals surface area contributed by atoms with Crippen molar-refractivity contribution in [2.75, 3.05) is 6.54 Å². The number of nitrogens with one attached hydrogen (secondary N) is 1. The second kappa shape index (κ2) is 5.38. The van der Waals surface area contributed by atoms with E-state index in [9.17, 15) is 13.5 Å². The molecule has 2 rings (SSSR count). The molecule has 1 atom stereocenters. The van der Waals surface area contributed by atoms with Crippen molar-refractivity contribution in [2.24, 2.45) is 5.92 Å². The van der Waals surface area contributed by atoms with Gasteiger partial charge in [0.2, 0.25) is 10.0 Å². The van der Waals surface area contributed by atoms with E-state index in [2.05, 4.69) is 25.5 Å². The van der Waals surface area contributed by atoms with E-state index in [4.69, 9.17) is 0 Å². The average Bonchev–Trinajstić information content (AvgIpc) is 3.20. The molecule has 0 spiro atoms. The van der Waals surface area contributed by atoms with E-state index in [1.54, 1.807) is 19.1 Å². The minimum atomic E-state index is -3.57. The third kappa shape index (κ3) is 4.05. The Morgan fingerprint density at radius 2 is 1.67 bits per heavy atom. The fourth-order valence-electron chi connectivity index (χ4n) is 2.31. The quantitative estimate of drug-likeness (QED) is 0.877. The van der Waals surface area contributed by atoms with Gasteiger partial charge >= 0.3 is 0 Å². The van der Waals surface area contributed by atoms with Crippen LogP contribution in [0.1, 0.15) is 46.1 Å². The van der Waals surface area contributed by atoms with Crippen molar-refractivity contribution < 1.29 is 13.5 Å². The van der Waals surface area contributed by atoms with Gasteiger partial charge in [0.15, 0.2) is 0 Å². The highest BCUT2D eigenvalue weighted by molar-refractivity contribution is 7.89. The normalized spacial score (nSPS) is 19.3. The number of hydrogen-bond donors (Lipinski definition) is 2. The van der Waals surface area contributed by atoms with Crippen LogP contribution in [0.4, 0.5) is 0 Å². The molecule has 4 nitrogen and oxygen atoms in total. The predicted molar refractivity (Wildman–Crippen MR) is 83.7 cm³/mol. The summed E-state index contributed by atoms with van der Waals surface area (Å²) in [7, 11) is -3.57. The Bertz CT molecular complexity index is 593. The zero-order valence-corrected chi connectivity index (χ0v) is 14.0. The van der Waals surface area contributed by atoms with Gasteiger partial charge in [0.1, 0.15) is 0 Å². The van der Waals surface area contributed by atoms with Gasteiger partial charge in [0.05, 0.1) is 10.5 Å². The van der Waals surface area contributed by atoms with Crippen LogP contribution in [0.5, 0.6) is 0 Å². The fraction of sp³-hybridized carbons (Fsp3) is 0.625. The van der Waals surface area contributed by atoms with Crippen molar-refractivity contribution in [3.05, 3.63) is 29.8 Å². The van der Waals surface area contributed by atoms with Crippen LogP contribution < -0.4 is 4.72 Å². The lowest BCUT2D eigenvalue weighted by Crippen LogP contribution is -2.42. The average molecular weight is 311 g/mol. The van der Waals surface area contributed by atoms with Gasteiger partial charge in [-0.15, -0.1) is 0 Å². The molecular weight excluding hydrogens is 286 g/mol. The van der Waals surface area contributed by atoms with E-state index >= 15 is 0 Å². The Morgan fingerprint density at radius 3 is 2.10 bits per heavy atom. The summed E-state index contributed by atoms with van der Waals surface area (Å²) in [4.78, 5) is 0.238. The molecule has 1 aliphatic rings. The van der Waals surface area contributed by atoms with Crippen molar-refractivity contribution in [1.82, 2.24) is 4.72 Å². The Kier molecular flexibility index (Phi) is 4.21. The highest BCUT2D eigenvalue weighted by Gasteiger charge is 2.40. The minimum absolute atomic E-state index is 0.00857. The van der Waals surface area contributed by atoms with Crippen LogP contribution in [0.2, 0.25) is 0 Å². The van der Waals surface area contributed by atoms with E-state index in [1.807, 2.05) is 12.1 Å².